The Bertz CT molecular complexity index is 481. The van der Waals surface area contributed by atoms with Crippen LogP contribution >= 0.6 is 23.2 Å². The molecular weight excluding hydrogens is 326 g/mol. The van der Waals surface area contributed by atoms with E-state index in [0.29, 0.717) is 6.07 Å². The molecule has 0 aromatic heterocycles. The Morgan fingerprint density at radius 2 is 1.21 bits per heavy atom. The second-order valence-corrected chi connectivity index (χ2v) is 4.32. The normalized spacial score (nSPS) is 13.7. The van der Waals surface area contributed by atoms with Gasteiger partial charge in [-0.15, -0.1) is 0 Å². The summed E-state index contributed by atoms with van der Waals surface area (Å²) in [5.74, 6) is 0. The Balaban J connectivity index is 3.66. The summed E-state index contributed by atoms with van der Waals surface area (Å²) in [4.78, 5) is 0. The van der Waals surface area contributed by atoms with Crippen molar-refractivity contribution in [3.05, 3.63) is 27.7 Å². The first kappa shape index (κ1) is 16.2. The van der Waals surface area contributed by atoms with Gasteiger partial charge in [0.1, 0.15) is 0 Å². The Hall–Kier alpha value is -0.890. The number of hydrogen-bond acceptors (Lipinski definition) is 1. The van der Waals surface area contributed by atoms with Gasteiger partial charge in [0.2, 0.25) is 0 Å². The molecule has 1 rings (SSSR count). The van der Waals surface area contributed by atoms with E-state index in [1.54, 1.807) is 0 Å². The molecule has 2 N–H and O–H groups in total. The number of benzene rings is 1. The molecule has 0 atom stereocenters. The van der Waals surface area contributed by atoms with Gasteiger partial charge in [-0.25, -0.2) is 4.39 Å². The minimum Gasteiger partial charge on any atom is -0.397 e. The number of anilines is 1. The fourth-order valence-electron chi connectivity index (χ4n) is 1.29. The Kier molecular flexibility index (Phi) is 3.90. The summed E-state index contributed by atoms with van der Waals surface area (Å²) in [6.07, 6.45) is -12.5. The zero-order valence-electron chi connectivity index (χ0n) is 8.63. The van der Waals surface area contributed by atoms with Crippen LogP contribution in [-0.4, -0.2) is 12.4 Å². The third-order valence-corrected chi connectivity index (χ3v) is 2.88. The summed E-state index contributed by atoms with van der Waals surface area (Å²) in [7, 11) is 0. The smallest absolute Gasteiger partial charge is 0.397 e. The SMILES string of the molecule is Nc1cc(Cl)c(C(F)(C(F)(F)F)C(F)(F)F)cc1Cl. The quantitative estimate of drug-likeness (QED) is 0.577. The molecule has 0 radical (unpaired) electrons. The van der Waals surface area contributed by atoms with Crippen molar-refractivity contribution in [3.8, 4) is 0 Å². The molecule has 1 aromatic carbocycles. The molecule has 0 aliphatic heterocycles. The maximum atomic E-state index is 13.7. The Labute approximate surface area is 112 Å². The predicted octanol–water partition coefficient (Wildman–Crippen LogP) is 4.87. The van der Waals surface area contributed by atoms with Crippen molar-refractivity contribution < 1.29 is 30.7 Å². The third kappa shape index (κ3) is 2.55. The van der Waals surface area contributed by atoms with Gasteiger partial charge in [0.25, 0.3) is 0 Å². The molecule has 19 heavy (non-hydrogen) atoms. The number of nitrogens with two attached hydrogens (primary N) is 1. The highest BCUT2D eigenvalue weighted by atomic mass is 35.5. The lowest BCUT2D eigenvalue weighted by atomic mass is 9.94. The van der Waals surface area contributed by atoms with Gasteiger partial charge in [-0.2, -0.15) is 26.3 Å². The number of hydrogen-bond donors (Lipinski definition) is 1. The van der Waals surface area contributed by atoms with Gasteiger partial charge in [-0.3, -0.25) is 0 Å². The highest BCUT2D eigenvalue weighted by molar-refractivity contribution is 6.35. The first-order valence-corrected chi connectivity index (χ1v) is 5.15. The monoisotopic (exact) mass is 329 g/mol. The second kappa shape index (κ2) is 4.59. The van der Waals surface area contributed by atoms with Gasteiger partial charge in [-0.05, 0) is 12.1 Å². The lowest BCUT2D eigenvalue weighted by Crippen LogP contribution is -2.50. The number of alkyl halides is 7. The number of halogens is 9. The first-order valence-electron chi connectivity index (χ1n) is 4.39. The third-order valence-electron chi connectivity index (χ3n) is 2.24. The van der Waals surface area contributed by atoms with E-state index in [1.807, 2.05) is 0 Å². The van der Waals surface area contributed by atoms with Crippen LogP contribution in [0, 0.1) is 0 Å². The van der Waals surface area contributed by atoms with Crippen molar-refractivity contribution >= 4 is 28.9 Å². The van der Waals surface area contributed by atoms with Gasteiger partial charge in [0.15, 0.2) is 0 Å². The molecule has 0 heterocycles. The molecule has 0 unspecified atom stereocenters. The van der Waals surface area contributed by atoms with E-state index in [9.17, 15) is 30.7 Å². The zero-order chi connectivity index (χ0) is 15.2. The van der Waals surface area contributed by atoms with Gasteiger partial charge in [0.05, 0.1) is 10.7 Å². The van der Waals surface area contributed by atoms with Crippen molar-refractivity contribution in [2.75, 3.05) is 5.73 Å². The topological polar surface area (TPSA) is 26.0 Å². The summed E-state index contributed by atoms with van der Waals surface area (Å²) in [6.45, 7) is 0. The van der Waals surface area contributed by atoms with Crippen molar-refractivity contribution in [1.82, 2.24) is 0 Å². The molecule has 1 nitrogen and oxygen atoms in total. The molecule has 0 saturated carbocycles. The van der Waals surface area contributed by atoms with E-state index in [4.69, 9.17) is 28.9 Å². The van der Waals surface area contributed by atoms with E-state index in [1.165, 1.54) is 0 Å². The number of rotatable bonds is 1. The summed E-state index contributed by atoms with van der Waals surface area (Å²) in [6, 6.07) is 0.630. The second-order valence-electron chi connectivity index (χ2n) is 3.51. The standard InChI is InChI=1S/C9H4Cl2F7N/c10-4-2-6(19)5(11)1-3(4)7(12,8(13,14)15)9(16,17)18/h1-2H,19H2. The largest absolute Gasteiger partial charge is 0.436 e. The highest BCUT2D eigenvalue weighted by Crippen LogP contribution is 2.55. The number of nitrogen functional groups attached to an aromatic ring is 1. The molecule has 1 aromatic rings. The average molecular weight is 330 g/mol. The van der Waals surface area contributed by atoms with Crippen molar-refractivity contribution in [2.45, 2.75) is 18.0 Å². The molecule has 0 spiro atoms. The minimum atomic E-state index is -6.26. The van der Waals surface area contributed by atoms with E-state index >= 15 is 0 Å². The average Bonchev–Trinajstić information content (AvgIpc) is 2.19. The van der Waals surface area contributed by atoms with Crippen LogP contribution in [0.3, 0.4) is 0 Å². The zero-order valence-corrected chi connectivity index (χ0v) is 10.1. The van der Waals surface area contributed by atoms with Crippen LogP contribution in [0.1, 0.15) is 5.56 Å². The Morgan fingerprint density at radius 1 is 0.789 bits per heavy atom. The molecule has 108 valence electrons. The summed E-state index contributed by atoms with van der Waals surface area (Å²) < 4.78 is 88.5. The first-order chi connectivity index (χ1) is 8.32. The summed E-state index contributed by atoms with van der Waals surface area (Å²) in [5.41, 5.74) is -2.71. The fraction of sp³-hybridized carbons (Fsp3) is 0.333. The molecular formula is C9H4Cl2F7N. The maximum Gasteiger partial charge on any atom is 0.436 e. The lowest BCUT2D eigenvalue weighted by molar-refractivity contribution is -0.348. The molecule has 0 aliphatic carbocycles. The lowest BCUT2D eigenvalue weighted by Gasteiger charge is -2.31. The van der Waals surface area contributed by atoms with Gasteiger partial charge in [0, 0.05) is 10.6 Å². The van der Waals surface area contributed by atoms with Gasteiger partial charge < -0.3 is 5.73 Å². The van der Waals surface area contributed by atoms with Crippen molar-refractivity contribution in [2.24, 2.45) is 0 Å². The van der Waals surface area contributed by atoms with Crippen molar-refractivity contribution in [3.63, 3.8) is 0 Å². The van der Waals surface area contributed by atoms with Crippen molar-refractivity contribution in [1.29, 1.82) is 0 Å². The van der Waals surface area contributed by atoms with E-state index in [0.717, 1.165) is 0 Å². The Morgan fingerprint density at radius 3 is 1.58 bits per heavy atom. The minimum absolute atomic E-state index is 0.111. The molecule has 0 amide bonds. The fourth-order valence-corrected chi connectivity index (χ4v) is 1.76. The molecule has 0 aliphatic rings. The van der Waals surface area contributed by atoms with Crippen LogP contribution in [0.5, 0.6) is 0 Å². The summed E-state index contributed by atoms with van der Waals surface area (Å²) >= 11 is 10.5. The molecule has 0 fully saturated rings. The van der Waals surface area contributed by atoms with Crippen LogP contribution in [0.2, 0.25) is 10.0 Å². The van der Waals surface area contributed by atoms with Gasteiger partial charge >= 0.3 is 18.0 Å². The highest BCUT2D eigenvalue weighted by Gasteiger charge is 2.74. The molecule has 0 saturated heterocycles. The summed E-state index contributed by atoms with van der Waals surface area (Å²) in [5, 5.41) is -1.80. The van der Waals surface area contributed by atoms with E-state index in [2.05, 4.69) is 0 Å². The predicted molar refractivity (Wildman–Crippen MR) is 55.8 cm³/mol. The van der Waals surface area contributed by atoms with Crippen LogP contribution in [0.25, 0.3) is 0 Å². The van der Waals surface area contributed by atoms with Crippen LogP contribution in [0.4, 0.5) is 36.4 Å². The van der Waals surface area contributed by atoms with E-state index < -0.39 is 33.6 Å². The molecule has 10 heteroatoms. The van der Waals surface area contributed by atoms with Gasteiger partial charge in [-0.1, -0.05) is 23.2 Å². The van der Waals surface area contributed by atoms with Crippen LogP contribution in [0.15, 0.2) is 12.1 Å². The van der Waals surface area contributed by atoms with Crippen LogP contribution < -0.4 is 5.73 Å². The maximum absolute atomic E-state index is 13.7. The van der Waals surface area contributed by atoms with E-state index in [-0.39, 0.29) is 11.8 Å². The molecule has 0 bridgehead atoms. The van der Waals surface area contributed by atoms with Crippen LogP contribution in [-0.2, 0) is 5.67 Å².